The summed E-state index contributed by atoms with van der Waals surface area (Å²) in [6.07, 6.45) is 1.77. The molecule has 0 saturated carbocycles. The fraction of sp³-hybridized carbons (Fsp3) is 0.833. The van der Waals surface area contributed by atoms with Gasteiger partial charge in [0.15, 0.2) is 6.10 Å². The van der Waals surface area contributed by atoms with Gasteiger partial charge in [0, 0.05) is 13.0 Å². The van der Waals surface area contributed by atoms with E-state index >= 15 is 0 Å². The maximum atomic E-state index is 11.0. The van der Waals surface area contributed by atoms with Crippen LogP contribution >= 0.6 is 0 Å². The normalized spacial score (nSPS) is 22.9. The number of ether oxygens (including phenoxy) is 2. The molecule has 2 N–H and O–H groups in total. The minimum Gasteiger partial charge on any atom is -0.479 e. The lowest BCUT2D eigenvalue weighted by Gasteiger charge is -2.12. The highest BCUT2D eigenvalue weighted by Crippen LogP contribution is 2.19. The van der Waals surface area contributed by atoms with E-state index in [1.807, 2.05) is 0 Å². The molecule has 0 aromatic rings. The Labute approximate surface area is 107 Å². The van der Waals surface area contributed by atoms with Crippen LogP contribution < -0.4 is 5.32 Å². The van der Waals surface area contributed by atoms with Crippen LogP contribution in [0.5, 0.6) is 0 Å². The number of carboxylic acid groups (broad SMARTS) is 1. The first-order chi connectivity index (χ1) is 8.63. The van der Waals surface area contributed by atoms with Gasteiger partial charge in [-0.2, -0.15) is 0 Å². The van der Waals surface area contributed by atoms with E-state index < -0.39 is 12.1 Å². The summed E-state index contributed by atoms with van der Waals surface area (Å²) in [6, 6.07) is 0. The Kier molecular flexibility index (Phi) is 6.67. The third-order valence-corrected chi connectivity index (χ3v) is 2.79. The standard InChI is InChI=1S/C12H21NO5/c1-2-17-11(14)4-3-7-13-8-9-5-6-10(18-9)12(15)16/h9-10,13H,2-8H2,1H3,(H,15,16). The highest BCUT2D eigenvalue weighted by Gasteiger charge is 2.29. The van der Waals surface area contributed by atoms with Crippen molar-refractivity contribution in [1.29, 1.82) is 0 Å². The smallest absolute Gasteiger partial charge is 0.332 e. The van der Waals surface area contributed by atoms with Gasteiger partial charge in [-0.05, 0) is 32.7 Å². The maximum Gasteiger partial charge on any atom is 0.332 e. The van der Waals surface area contributed by atoms with Gasteiger partial charge in [0.2, 0.25) is 0 Å². The van der Waals surface area contributed by atoms with Gasteiger partial charge >= 0.3 is 11.9 Å². The van der Waals surface area contributed by atoms with Crippen molar-refractivity contribution in [3.05, 3.63) is 0 Å². The van der Waals surface area contributed by atoms with Gasteiger partial charge in [-0.25, -0.2) is 4.79 Å². The molecule has 18 heavy (non-hydrogen) atoms. The summed E-state index contributed by atoms with van der Waals surface area (Å²) < 4.78 is 10.1. The van der Waals surface area contributed by atoms with Crippen LogP contribution in [0.4, 0.5) is 0 Å². The molecule has 1 fully saturated rings. The lowest BCUT2D eigenvalue weighted by Crippen LogP contribution is -2.29. The second kappa shape index (κ2) is 8.05. The van der Waals surface area contributed by atoms with Crippen LogP contribution in [0.2, 0.25) is 0 Å². The van der Waals surface area contributed by atoms with E-state index in [1.54, 1.807) is 6.92 Å². The summed E-state index contributed by atoms with van der Waals surface area (Å²) in [7, 11) is 0. The third-order valence-electron chi connectivity index (χ3n) is 2.79. The van der Waals surface area contributed by atoms with Crippen molar-refractivity contribution >= 4 is 11.9 Å². The Balaban J connectivity index is 1.99. The second-order valence-corrected chi connectivity index (χ2v) is 4.28. The summed E-state index contributed by atoms with van der Waals surface area (Å²) in [5.41, 5.74) is 0. The number of carbonyl (C=O) groups excluding carboxylic acids is 1. The van der Waals surface area contributed by atoms with Crippen molar-refractivity contribution in [3.63, 3.8) is 0 Å². The fourth-order valence-corrected chi connectivity index (χ4v) is 1.89. The molecule has 1 rings (SSSR count). The fourth-order valence-electron chi connectivity index (χ4n) is 1.89. The number of esters is 1. The van der Waals surface area contributed by atoms with E-state index in [2.05, 4.69) is 5.32 Å². The average Bonchev–Trinajstić information content (AvgIpc) is 2.78. The van der Waals surface area contributed by atoms with Crippen LogP contribution in [0.25, 0.3) is 0 Å². The predicted molar refractivity (Wildman–Crippen MR) is 64.3 cm³/mol. The molecular formula is C12H21NO5. The highest BCUT2D eigenvalue weighted by atomic mass is 16.5. The van der Waals surface area contributed by atoms with Gasteiger partial charge in [-0.3, -0.25) is 4.79 Å². The molecular weight excluding hydrogens is 238 g/mol. The number of hydrogen-bond acceptors (Lipinski definition) is 5. The Morgan fingerprint density at radius 3 is 2.83 bits per heavy atom. The van der Waals surface area contributed by atoms with Crippen LogP contribution in [0, 0.1) is 0 Å². The van der Waals surface area contributed by atoms with Crippen LogP contribution in [0.1, 0.15) is 32.6 Å². The largest absolute Gasteiger partial charge is 0.479 e. The van der Waals surface area contributed by atoms with Crippen molar-refractivity contribution in [2.45, 2.75) is 44.8 Å². The van der Waals surface area contributed by atoms with Crippen LogP contribution in [-0.4, -0.2) is 48.9 Å². The Hall–Kier alpha value is -1.14. The molecule has 6 heteroatoms. The van der Waals surface area contributed by atoms with Gasteiger partial charge in [-0.15, -0.1) is 0 Å². The second-order valence-electron chi connectivity index (χ2n) is 4.28. The molecule has 6 nitrogen and oxygen atoms in total. The van der Waals surface area contributed by atoms with Crippen LogP contribution in [-0.2, 0) is 19.1 Å². The summed E-state index contributed by atoms with van der Waals surface area (Å²) in [5.74, 6) is -1.07. The Bertz CT molecular complexity index is 282. The summed E-state index contributed by atoms with van der Waals surface area (Å²) in [6.45, 7) is 3.54. The van der Waals surface area contributed by atoms with E-state index in [4.69, 9.17) is 14.6 Å². The van der Waals surface area contributed by atoms with Gasteiger partial charge in [-0.1, -0.05) is 0 Å². The average molecular weight is 259 g/mol. The van der Waals surface area contributed by atoms with E-state index in [0.29, 0.717) is 39.0 Å². The number of rotatable bonds is 8. The maximum absolute atomic E-state index is 11.0. The number of carbonyl (C=O) groups is 2. The zero-order valence-corrected chi connectivity index (χ0v) is 10.7. The molecule has 1 saturated heterocycles. The lowest BCUT2D eigenvalue weighted by molar-refractivity contribution is -0.149. The highest BCUT2D eigenvalue weighted by molar-refractivity contribution is 5.72. The van der Waals surface area contributed by atoms with Crippen molar-refractivity contribution in [2.24, 2.45) is 0 Å². The van der Waals surface area contributed by atoms with E-state index in [-0.39, 0.29) is 12.1 Å². The molecule has 0 aromatic heterocycles. The van der Waals surface area contributed by atoms with Gasteiger partial charge in [0.1, 0.15) is 0 Å². The Morgan fingerprint density at radius 1 is 1.44 bits per heavy atom. The molecule has 0 bridgehead atoms. The summed E-state index contributed by atoms with van der Waals surface area (Å²) >= 11 is 0. The van der Waals surface area contributed by atoms with Crippen molar-refractivity contribution < 1.29 is 24.2 Å². The first-order valence-corrected chi connectivity index (χ1v) is 6.38. The third kappa shape index (κ3) is 5.46. The van der Waals surface area contributed by atoms with Gasteiger partial charge in [0.25, 0.3) is 0 Å². The number of nitrogens with one attached hydrogen (secondary N) is 1. The minimum atomic E-state index is -0.889. The topological polar surface area (TPSA) is 84.9 Å². The first-order valence-electron chi connectivity index (χ1n) is 6.38. The van der Waals surface area contributed by atoms with Gasteiger partial charge < -0.3 is 19.9 Å². The van der Waals surface area contributed by atoms with Crippen molar-refractivity contribution in [1.82, 2.24) is 5.32 Å². The summed E-state index contributed by atoms with van der Waals surface area (Å²) in [4.78, 5) is 21.7. The van der Waals surface area contributed by atoms with E-state index in [0.717, 1.165) is 6.42 Å². The molecule has 0 aliphatic carbocycles. The quantitative estimate of drug-likeness (QED) is 0.489. The molecule has 104 valence electrons. The van der Waals surface area contributed by atoms with Gasteiger partial charge in [0.05, 0.1) is 12.7 Å². The monoisotopic (exact) mass is 259 g/mol. The Morgan fingerprint density at radius 2 is 2.22 bits per heavy atom. The van der Waals surface area contributed by atoms with E-state index in [9.17, 15) is 9.59 Å². The lowest BCUT2D eigenvalue weighted by atomic mass is 10.2. The van der Waals surface area contributed by atoms with Crippen LogP contribution in [0.15, 0.2) is 0 Å². The van der Waals surface area contributed by atoms with Crippen molar-refractivity contribution in [3.8, 4) is 0 Å². The van der Waals surface area contributed by atoms with Crippen molar-refractivity contribution in [2.75, 3.05) is 19.7 Å². The molecule has 2 unspecified atom stereocenters. The first kappa shape index (κ1) is 14.9. The van der Waals surface area contributed by atoms with E-state index in [1.165, 1.54) is 0 Å². The number of hydrogen-bond donors (Lipinski definition) is 2. The molecule has 1 aliphatic rings. The predicted octanol–water partition coefficient (Wildman–Crippen LogP) is 0.551. The molecule has 0 radical (unpaired) electrons. The SMILES string of the molecule is CCOC(=O)CCCNCC1CCC(C(=O)O)O1. The van der Waals surface area contributed by atoms with Crippen LogP contribution in [0.3, 0.4) is 0 Å². The number of aliphatic carboxylic acids is 1. The molecule has 0 spiro atoms. The molecule has 0 aromatic carbocycles. The minimum absolute atomic E-state index is 0.0336. The number of carboxylic acids is 1. The zero-order chi connectivity index (χ0) is 13.4. The molecule has 1 aliphatic heterocycles. The molecule has 1 heterocycles. The summed E-state index contributed by atoms with van der Waals surface area (Å²) in [5, 5.41) is 11.9. The zero-order valence-electron chi connectivity index (χ0n) is 10.7. The molecule has 0 amide bonds. The molecule has 2 atom stereocenters.